The number of hydrogen-bond donors (Lipinski definition) is 2. The van der Waals surface area contributed by atoms with Crippen molar-refractivity contribution in [3.05, 3.63) is 71.0 Å². The molecule has 5 heteroatoms. The van der Waals surface area contributed by atoms with E-state index < -0.39 is 11.9 Å². The Morgan fingerprint density at radius 3 is 2.80 bits per heavy atom. The third kappa shape index (κ3) is 4.87. The molecule has 25 heavy (non-hydrogen) atoms. The second-order valence-electron chi connectivity index (χ2n) is 6.42. The number of aliphatic hydroxyl groups excluding tert-OH is 1. The van der Waals surface area contributed by atoms with Gasteiger partial charge in [-0.25, -0.2) is 4.39 Å². The fourth-order valence-electron chi connectivity index (χ4n) is 3.18. The molecule has 2 aromatic rings. The van der Waals surface area contributed by atoms with Gasteiger partial charge in [-0.2, -0.15) is 0 Å². The molecule has 0 saturated carbocycles. The quantitative estimate of drug-likeness (QED) is 0.848. The Morgan fingerprint density at radius 2 is 2.00 bits per heavy atom. The van der Waals surface area contributed by atoms with Crippen LogP contribution in [0.1, 0.15) is 29.2 Å². The van der Waals surface area contributed by atoms with Crippen LogP contribution in [0.2, 0.25) is 0 Å². The van der Waals surface area contributed by atoms with Crippen LogP contribution in [0.4, 0.5) is 4.39 Å². The van der Waals surface area contributed by atoms with E-state index in [0.29, 0.717) is 12.1 Å². The number of rotatable bonds is 6. The van der Waals surface area contributed by atoms with E-state index in [1.807, 2.05) is 0 Å². The molecule has 3 rings (SSSR count). The summed E-state index contributed by atoms with van der Waals surface area (Å²) in [5.41, 5.74) is 3.17. The lowest BCUT2D eigenvalue weighted by Gasteiger charge is -2.28. The first kappa shape index (κ1) is 17.6. The van der Waals surface area contributed by atoms with Crippen LogP contribution in [0.5, 0.6) is 0 Å². The largest absolute Gasteiger partial charge is 0.388 e. The predicted molar refractivity (Wildman–Crippen MR) is 94.4 cm³/mol. The summed E-state index contributed by atoms with van der Waals surface area (Å²) in [7, 11) is 0. The summed E-state index contributed by atoms with van der Waals surface area (Å²) < 4.78 is 13.2. The molecule has 1 aliphatic rings. The first-order chi connectivity index (χ1) is 12.1. The molecule has 1 aliphatic heterocycles. The smallest absolute Gasteiger partial charge is 0.223 e. The summed E-state index contributed by atoms with van der Waals surface area (Å²) in [6.45, 7) is 3.20. The first-order valence-electron chi connectivity index (χ1n) is 8.61. The van der Waals surface area contributed by atoms with Crippen molar-refractivity contribution < 1.29 is 14.3 Å². The van der Waals surface area contributed by atoms with Crippen LogP contribution in [-0.2, 0) is 17.8 Å². The maximum atomic E-state index is 13.2. The summed E-state index contributed by atoms with van der Waals surface area (Å²) in [6, 6.07) is 14.1. The lowest BCUT2D eigenvalue weighted by atomic mass is 10.00. The molecule has 1 amide bonds. The zero-order valence-corrected chi connectivity index (χ0v) is 14.1. The highest BCUT2D eigenvalue weighted by molar-refractivity contribution is 5.76. The van der Waals surface area contributed by atoms with Crippen molar-refractivity contribution in [1.82, 2.24) is 10.2 Å². The third-order valence-corrected chi connectivity index (χ3v) is 4.57. The van der Waals surface area contributed by atoms with Crippen molar-refractivity contribution in [2.24, 2.45) is 0 Å². The number of nitrogens with one attached hydrogen (secondary N) is 1. The van der Waals surface area contributed by atoms with E-state index in [1.165, 1.54) is 29.3 Å². The molecular weight excluding hydrogens is 319 g/mol. The SMILES string of the molecule is O=C(CC(O)c1cccc(F)c1)NCCN1CCc2ccccc2C1. The molecule has 0 bridgehead atoms. The highest BCUT2D eigenvalue weighted by Gasteiger charge is 2.16. The van der Waals surface area contributed by atoms with Crippen molar-refractivity contribution in [3.8, 4) is 0 Å². The van der Waals surface area contributed by atoms with Gasteiger partial charge in [-0.1, -0.05) is 36.4 Å². The fourth-order valence-corrected chi connectivity index (χ4v) is 3.18. The fraction of sp³-hybridized carbons (Fsp3) is 0.350. The Kier molecular flexibility index (Phi) is 5.79. The van der Waals surface area contributed by atoms with E-state index in [0.717, 1.165) is 26.1 Å². The van der Waals surface area contributed by atoms with E-state index in [9.17, 15) is 14.3 Å². The van der Waals surface area contributed by atoms with Crippen molar-refractivity contribution in [2.45, 2.75) is 25.5 Å². The van der Waals surface area contributed by atoms with Gasteiger partial charge in [0.25, 0.3) is 0 Å². The van der Waals surface area contributed by atoms with Gasteiger partial charge in [0.1, 0.15) is 5.82 Å². The minimum Gasteiger partial charge on any atom is -0.388 e. The van der Waals surface area contributed by atoms with Gasteiger partial charge < -0.3 is 10.4 Å². The molecule has 1 heterocycles. The standard InChI is InChI=1S/C20H23FN2O2/c21-18-7-3-6-16(12-18)19(24)13-20(25)22-9-11-23-10-8-15-4-1-2-5-17(15)14-23/h1-7,12,19,24H,8-11,13-14H2,(H,22,25). The number of nitrogens with zero attached hydrogens (tertiary/aromatic N) is 1. The highest BCUT2D eigenvalue weighted by atomic mass is 19.1. The van der Waals surface area contributed by atoms with Gasteiger partial charge >= 0.3 is 0 Å². The summed E-state index contributed by atoms with van der Waals surface area (Å²) in [4.78, 5) is 14.3. The zero-order chi connectivity index (χ0) is 17.6. The van der Waals surface area contributed by atoms with Gasteiger partial charge in [-0.05, 0) is 35.2 Å². The number of carbonyl (C=O) groups excluding carboxylic acids is 1. The minimum absolute atomic E-state index is 0.0632. The second-order valence-corrected chi connectivity index (χ2v) is 6.42. The third-order valence-electron chi connectivity index (χ3n) is 4.57. The molecule has 2 N–H and O–H groups in total. The molecule has 0 spiro atoms. The number of amides is 1. The number of hydrogen-bond acceptors (Lipinski definition) is 3. The van der Waals surface area contributed by atoms with E-state index in [4.69, 9.17) is 0 Å². The van der Waals surface area contributed by atoms with E-state index in [-0.39, 0.29) is 12.3 Å². The Hall–Kier alpha value is -2.24. The van der Waals surface area contributed by atoms with Crippen LogP contribution >= 0.6 is 0 Å². The Morgan fingerprint density at radius 1 is 1.20 bits per heavy atom. The monoisotopic (exact) mass is 342 g/mol. The van der Waals surface area contributed by atoms with Crippen LogP contribution in [0.3, 0.4) is 0 Å². The van der Waals surface area contributed by atoms with E-state index in [2.05, 4.69) is 34.5 Å². The van der Waals surface area contributed by atoms with Gasteiger partial charge in [-0.15, -0.1) is 0 Å². The van der Waals surface area contributed by atoms with Crippen molar-refractivity contribution >= 4 is 5.91 Å². The van der Waals surface area contributed by atoms with Crippen LogP contribution in [0, 0.1) is 5.82 Å². The Balaban J connectivity index is 1.41. The number of benzene rings is 2. The normalized spacial score (nSPS) is 15.4. The summed E-state index contributed by atoms with van der Waals surface area (Å²) >= 11 is 0. The van der Waals surface area contributed by atoms with Crippen LogP contribution in [-0.4, -0.2) is 35.5 Å². The summed E-state index contributed by atoms with van der Waals surface area (Å²) in [5.74, 6) is -0.642. The molecule has 1 atom stereocenters. The molecule has 1 unspecified atom stereocenters. The van der Waals surface area contributed by atoms with Gasteiger partial charge in [0, 0.05) is 26.2 Å². The highest BCUT2D eigenvalue weighted by Crippen LogP contribution is 2.18. The van der Waals surface area contributed by atoms with E-state index >= 15 is 0 Å². The van der Waals surface area contributed by atoms with Crippen molar-refractivity contribution in [2.75, 3.05) is 19.6 Å². The Bertz CT molecular complexity index is 735. The average molecular weight is 342 g/mol. The molecule has 2 aromatic carbocycles. The van der Waals surface area contributed by atoms with Gasteiger partial charge in [0.15, 0.2) is 0 Å². The predicted octanol–water partition coefficient (Wildman–Crippen LogP) is 2.42. The molecule has 132 valence electrons. The van der Waals surface area contributed by atoms with Crippen molar-refractivity contribution in [3.63, 3.8) is 0 Å². The summed E-state index contributed by atoms with van der Waals surface area (Å²) in [6.07, 6.45) is -0.0214. The molecule has 0 aromatic heterocycles. The van der Waals surface area contributed by atoms with E-state index in [1.54, 1.807) is 6.07 Å². The lowest BCUT2D eigenvalue weighted by molar-refractivity contribution is -0.123. The number of carbonyl (C=O) groups is 1. The topological polar surface area (TPSA) is 52.6 Å². The van der Waals surface area contributed by atoms with Crippen LogP contribution in [0.25, 0.3) is 0 Å². The number of fused-ring (bicyclic) bond motifs is 1. The molecule has 0 radical (unpaired) electrons. The van der Waals surface area contributed by atoms with Gasteiger partial charge in [0.2, 0.25) is 5.91 Å². The molecule has 0 fully saturated rings. The lowest BCUT2D eigenvalue weighted by Crippen LogP contribution is -2.38. The maximum absolute atomic E-state index is 13.2. The van der Waals surface area contributed by atoms with Gasteiger partial charge in [-0.3, -0.25) is 9.69 Å². The molecule has 0 saturated heterocycles. The minimum atomic E-state index is -0.988. The average Bonchev–Trinajstić information content (AvgIpc) is 2.61. The number of halogens is 1. The molecule has 4 nitrogen and oxygen atoms in total. The zero-order valence-electron chi connectivity index (χ0n) is 14.1. The Labute approximate surface area is 147 Å². The molecule has 0 aliphatic carbocycles. The maximum Gasteiger partial charge on any atom is 0.223 e. The van der Waals surface area contributed by atoms with Crippen LogP contribution in [0.15, 0.2) is 48.5 Å². The first-order valence-corrected chi connectivity index (χ1v) is 8.61. The second kappa shape index (κ2) is 8.23. The summed E-state index contributed by atoms with van der Waals surface area (Å²) in [5, 5.41) is 12.9. The van der Waals surface area contributed by atoms with Crippen molar-refractivity contribution in [1.29, 1.82) is 0 Å². The van der Waals surface area contributed by atoms with Crippen LogP contribution < -0.4 is 5.32 Å². The van der Waals surface area contributed by atoms with Gasteiger partial charge in [0.05, 0.1) is 12.5 Å². The number of aliphatic hydroxyl groups is 1. The molecular formula is C20H23FN2O2.